The first-order chi connectivity index (χ1) is 8.71. The summed E-state index contributed by atoms with van der Waals surface area (Å²) < 4.78 is 11.4. The van der Waals surface area contributed by atoms with E-state index in [1.54, 1.807) is 0 Å². The summed E-state index contributed by atoms with van der Waals surface area (Å²) in [6.07, 6.45) is 2.87. The van der Waals surface area contributed by atoms with Crippen LogP contribution in [0, 0.1) is 0 Å². The molecule has 0 radical (unpaired) electrons. The van der Waals surface area contributed by atoms with E-state index in [2.05, 4.69) is 0 Å². The fraction of sp³-hybridized carbons (Fsp3) is 0.500. The molecule has 1 aliphatic carbocycles. The van der Waals surface area contributed by atoms with E-state index in [9.17, 15) is 4.79 Å². The number of hydrogen-bond donors (Lipinski definition) is 1. The zero-order chi connectivity index (χ0) is 12.6. The first kappa shape index (κ1) is 11.4. The highest BCUT2D eigenvalue weighted by Crippen LogP contribution is 2.55. The van der Waals surface area contributed by atoms with Gasteiger partial charge in [0.25, 0.3) is 0 Å². The van der Waals surface area contributed by atoms with Crippen molar-refractivity contribution < 1.29 is 19.4 Å². The maximum atomic E-state index is 11.0. The van der Waals surface area contributed by atoms with Gasteiger partial charge in [0.15, 0.2) is 11.5 Å². The summed E-state index contributed by atoms with van der Waals surface area (Å²) in [6.45, 7) is 1.29. The van der Waals surface area contributed by atoms with E-state index in [0.717, 1.165) is 36.3 Å². The minimum absolute atomic E-state index is 0.173. The van der Waals surface area contributed by atoms with E-state index in [4.69, 9.17) is 14.6 Å². The van der Waals surface area contributed by atoms with Crippen molar-refractivity contribution in [2.24, 2.45) is 0 Å². The lowest BCUT2D eigenvalue weighted by Crippen LogP contribution is -2.14. The van der Waals surface area contributed by atoms with Crippen LogP contribution < -0.4 is 9.47 Å². The maximum absolute atomic E-state index is 11.0. The molecule has 1 aromatic carbocycles. The monoisotopic (exact) mass is 248 g/mol. The second kappa shape index (κ2) is 4.19. The Morgan fingerprint density at radius 2 is 2.06 bits per heavy atom. The standard InChI is InChI=1S/C14H16O4/c15-12(16)9-14(5-6-14)10-3-1-4-11-13(10)18-8-2-7-17-11/h1,3-4H,2,5-9H2,(H,15,16). The predicted molar refractivity (Wildman–Crippen MR) is 65.2 cm³/mol. The zero-order valence-electron chi connectivity index (χ0n) is 10.1. The molecule has 0 amide bonds. The van der Waals surface area contributed by atoms with Gasteiger partial charge in [0.2, 0.25) is 0 Å². The molecule has 0 aromatic heterocycles. The third kappa shape index (κ3) is 1.92. The van der Waals surface area contributed by atoms with Gasteiger partial charge in [-0.25, -0.2) is 0 Å². The van der Waals surface area contributed by atoms with Crippen LogP contribution in [0.3, 0.4) is 0 Å². The van der Waals surface area contributed by atoms with Crippen molar-refractivity contribution >= 4 is 5.97 Å². The average Bonchev–Trinajstić information content (AvgIpc) is 3.11. The van der Waals surface area contributed by atoms with Crippen molar-refractivity contribution in [1.82, 2.24) is 0 Å². The second-order valence-corrected chi connectivity index (χ2v) is 5.03. The first-order valence-corrected chi connectivity index (χ1v) is 6.32. The van der Waals surface area contributed by atoms with Gasteiger partial charge in [0.05, 0.1) is 19.6 Å². The van der Waals surface area contributed by atoms with Gasteiger partial charge < -0.3 is 14.6 Å². The number of carbonyl (C=O) groups is 1. The van der Waals surface area contributed by atoms with Crippen LogP contribution in [0.25, 0.3) is 0 Å². The summed E-state index contributed by atoms with van der Waals surface area (Å²) in [5.41, 5.74) is 0.773. The Hall–Kier alpha value is -1.71. The van der Waals surface area contributed by atoms with Crippen LogP contribution >= 0.6 is 0 Å². The number of ether oxygens (including phenoxy) is 2. The van der Waals surface area contributed by atoms with E-state index in [1.807, 2.05) is 18.2 Å². The van der Waals surface area contributed by atoms with Gasteiger partial charge in [0, 0.05) is 17.4 Å². The zero-order valence-corrected chi connectivity index (χ0v) is 10.1. The van der Waals surface area contributed by atoms with E-state index in [-0.39, 0.29) is 11.8 Å². The van der Waals surface area contributed by atoms with Crippen molar-refractivity contribution in [2.45, 2.75) is 31.1 Å². The Morgan fingerprint density at radius 3 is 2.78 bits per heavy atom. The van der Waals surface area contributed by atoms with Crippen LogP contribution in [0.1, 0.15) is 31.2 Å². The van der Waals surface area contributed by atoms with E-state index in [0.29, 0.717) is 13.2 Å². The average molecular weight is 248 g/mol. The number of carboxylic acids is 1. The van der Waals surface area contributed by atoms with Gasteiger partial charge in [0.1, 0.15) is 0 Å². The molecule has 96 valence electrons. The summed E-state index contributed by atoms with van der Waals surface area (Å²) in [4.78, 5) is 11.0. The molecular formula is C14H16O4. The minimum Gasteiger partial charge on any atom is -0.490 e. The lowest BCUT2D eigenvalue weighted by Gasteiger charge is -2.18. The van der Waals surface area contributed by atoms with Gasteiger partial charge in [-0.1, -0.05) is 12.1 Å². The van der Waals surface area contributed by atoms with Crippen LogP contribution in [0.4, 0.5) is 0 Å². The van der Waals surface area contributed by atoms with Gasteiger partial charge in [-0.2, -0.15) is 0 Å². The Labute approximate surface area is 106 Å². The Morgan fingerprint density at radius 1 is 1.28 bits per heavy atom. The molecule has 0 unspecified atom stereocenters. The largest absolute Gasteiger partial charge is 0.490 e. The molecule has 0 bridgehead atoms. The van der Waals surface area contributed by atoms with Gasteiger partial charge in [-0.3, -0.25) is 4.79 Å². The van der Waals surface area contributed by atoms with E-state index < -0.39 is 5.97 Å². The normalized spacial score (nSPS) is 20.0. The highest BCUT2D eigenvalue weighted by Gasteiger charge is 2.48. The summed E-state index contributed by atoms with van der Waals surface area (Å²) >= 11 is 0. The Balaban J connectivity index is 1.99. The molecule has 2 aliphatic rings. The molecule has 0 atom stereocenters. The fourth-order valence-electron chi connectivity index (χ4n) is 2.59. The molecule has 1 saturated carbocycles. The molecule has 0 saturated heterocycles. The minimum atomic E-state index is -0.750. The van der Waals surface area contributed by atoms with Gasteiger partial charge >= 0.3 is 5.97 Å². The molecule has 1 N–H and O–H groups in total. The molecule has 1 fully saturated rings. The number of para-hydroxylation sites is 1. The number of benzene rings is 1. The van der Waals surface area contributed by atoms with Crippen molar-refractivity contribution in [3.05, 3.63) is 23.8 Å². The van der Waals surface area contributed by atoms with Crippen molar-refractivity contribution in [2.75, 3.05) is 13.2 Å². The molecular weight excluding hydrogens is 232 g/mol. The summed E-state index contributed by atoms with van der Waals surface area (Å²) in [5.74, 6) is 0.759. The molecule has 3 rings (SSSR count). The highest BCUT2D eigenvalue weighted by molar-refractivity contribution is 5.71. The Bertz CT molecular complexity index is 477. The smallest absolute Gasteiger partial charge is 0.304 e. The van der Waals surface area contributed by atoms with Crippen LogP contribution in [-0.2, 0) is 10.2 Å². The fourth-order valence-corrected chi connectivity index (χ4v) is 2.59. The predicted octanol–water partition coefficient (Wildman–Crippen LogP) is 2.35. The first-order valence-electron chi connectivity index (χ1n) is 6.32. The second-order valence-electron chi connectivity index (χ2n) is 5.03. The van der Waals surface area contributed by atoms with E-state index >= 15 is 0 Å². The number of hydrogen-bond acceptors (Lipinski definition) is 3. The lowest BCUT2D eigenvalue weighted by atomic mass is 9.91. The quantitative estimate of drug-likeness (QED) is 0.892. The molecule has 4 nitrogen and oxygen atoms in total. The third-order valence-corrected chi connectivity index (χ3v) is 3.69. The van der Waals surface area contributed by atoms with Crippen LogP contribution in [0.15, 0.2) is 18.2 Å². The molecule has 1 heterocycles. The van der Waals surface area contributed by atoms with E-state index in [1.165, 1.54) is 0 Å². The van der Waals surface area contributed by atoms with Crippen LogP contribution in [-0.4, -0.2) is 24.3 Å². The summed E-state index contributed by atoms with van der Waals surface area (Å²) in [7, 11) is 0. The topological polar surface area (TPSA) is 55.8 Å². The lowest BCUT2D eigenvalue weighted by molar-refractivity contribution is -0.137. The third-order valence-electron chi connectivity index (χ3n) is 3.69. The Kier molecular flexibility index (Phi) is 2.65. The maximum Gasteiger partial charge on any atom is 0.304 e. The van der Waals surface area contributed by atoms with Gasteiger partial charge in [-0.05, 0) is 18.9 Å². The molecule has 4 heteroatoms. The molecule has 0 spiro atoms. The number of fused-ring (bicyclic) bond motifs is 1. The SMILES string of the molecule is O=C(O)CC1(c2cccc3c2OCCCO3)CC1. The van der Waals surface area contributed by atoms with Gasteiger partial charge in [-0.15, -0.1) is 0 Å². The number of aliphatic carboxylic acids is 1. The molecule has 1 aromatic rings. The van der Waals surface area contributed by atoms with Crippen LogP contribution in [0.5, 0.6) is 11.5 Å². The summed E-state index contributed by atoms with van der Waals surface area (Å²) in [6, 6.07) is 5.79. The van der Waals surface area contributed by atoms with Crippen molar-refractivity contribution in [3.8, 4) is 11.5 Å². The molecule has 18 heavy (non-hydrogen) atoms. The van der Waals surface area contributed by atoms with Crippen LogP contribution in [0.2, 0.25) is 0 Å². The number of rotatable bonds is 3. The number of carboxylic acid groups (broad SMARTS) is 1. The molecule has 1 aliphatic heterocycles. The highest BCUT2D eigenvalue weighted by atomic mass is 16.5. The van der Waals surface area contributed by atoms with Crippen molar-refractivity contribution in [3.63, 3.8) is 0 Å². The van der Waals surface area contributed by atoms with Crippen molar-refractivity contribution in [1.29, 1.82) is 0 Å². The summed E-state index contributed by atoms with van der Waals surface area (Å²) in [5, 5.41) is 9.04.